The van der Waals surface area contributed by atoms with Crippen molar-refractivity contribution in [2.45, 2.75) is 20.5 Å². The molecule has 0 bridgehead atoms. The van der Waals surface area contributed by atoms with Crippen LogP contribution in [0.2, 0.25) is 0 Å². The zero-order valence-electron chi connectivity index (χ0n) is 14.7. The first-order valence-electron chi connectivity index (χ1n) is 8.27. The van der Waals surface area contributed by atoms with E-state index in [2.05, 4.69) is 23.3 Å². The van der Waals surface area contributed by atoms with Crippen LogP contribution < -0.4 is 14.8 Å². The number of benzene rings is 2. The fraction of sp³-hybridized carbons (Fsp3) is 0.190. The number of nitrogens with zero attached hydrogens (tertiary/aromatic N) is 1. The maximum Gasteiger partial charge on any atom is 0.214 e. The Hall–Kier alpha value is -3.01. The molecule has 0 fully saturated rings. The molecule has 0 radical (unpaired) electrons. The predicted molar refractivity (Wildman–Crippen MR) is 101 cm³/mol. The molecule has 1 aromatic heterocycles. The van der Waals surface area contributed by atoms with Crippen LogP contribution in [0.3, 0.4) is 0 Å². The van der Waals surface area contributed by atoms with E-state index >= 15 is 0 Å². The van der Waals surface area contributed by atoms with Crippen molar-refractivity contribution in [1.82, 2.24) is 4.98 Å². The largest absolute Gasteiger partial charge is 0.473 e. The lowest BCUT2D eigenvalue weighted by molar-refractivity contribution is 0.292. The normalized spacial score (nSPS) is 10.4. The Morgan fingerprint density at radius 2 is 1.72 bits per heavy atom. The van der Waals surface area contributed by atoms with Gasteiger partial charge in [-0.2, -0.15) is 0 Å². The Balaban J connectivity index is 1.71. The van der Waals surface area contributed by atoms with E-state index in [1.54, 1.807) is 0 Å². The second kappa shape index (κ2) is 7.71. The van der Waals surface area contributed by atoms with Crippen LogP contribution in [-0.4, -0.2) is 12.0 Å². The zero-order valence-corrected chi connectivity index (χ0v) is 14.7. The maximum absolute atomic E-state index is 5.89. The Bertz CT molecular complexity index is 848. The minimum absolute atomic E-state index is 0.466. The van der Waals surface area contributed by atoms with E-state index in [1.807, 2.05) is 68.6 Å². The molecule has 0 spiro atoms. The average molecular weight is 334 g/mol. The van der Waals surface area contributed by atoms with Gasteiger partial charge in [0, 0.05) is 24.4 Å². The van der Waals surface area contributed by atoms with Gasteiger partial charge in [-0.25, -0.2) is 4.98 Å². The molecule has 0 aliphatic heterocycles. The number of anilines is 1. The number of hydrogen-bond acceptors (Lipinski definition) is 4. The second-order valence-electron chi connectivity index (χ2n) is 5.79. The first-order chi connectivity index (χ1) is 12.2. The van der Waals surface area contributed by atoms with Gasteiger partial charge in [0.25, 0.3) is 0 Å². The van der Waals surface area contributed by atoms with Crippen molar-refractivity contribution in [3.63, 3.8) is 0 Å². The van der Waals surface area contributed by atoms with Crippen LogP contribution in [0.25, 0.3) is 0 Å². The fourth-order valence-electron chi connectivity index (χ4n) is 2.60. The van der Waals surface area contributed by atoms with Crippen LogP contribution in [0.4, 0.5) is 5.69 Å². The minimum atomic E-state index is 0.466. The molecule has 1 N–H and O–H groups in total. The molecule has 0 atom stereocenters. The van der Waals surface area contributed by atoms with Crippen LogP contribution in [0, 0.1) is 13.8 Å². The lowest BCUT2D eigenvalue weighted by Crippen LogP contribution is -2.04. The minimum Gasteiger partial charge on any atom is -0.473 e. The van der Waals surface area contributed by atoms with Crippen molar-refractivity contribution in [2.75, 3.05) is 12.4 Å². The van der Waals surface area contributed by atoms with Crippen molar-refractivity contribution in [3.8, 4) is 17.4 Å². The van der Waals surface area contributed by atoms with E-state index in [-0.39, 0.29) is 0 Å². The topological polar surface area (TPSA) is 43.4 Å². The first kappa shape index (κ1) is 16.8. The molecule has 0 unspecified atom stereocenters. The summed E-state index contributed by atoms with van der Waals surface area (Å²) in [6, 6.07) is 19.6. The highest BCUT2D eigenvalue weighted by atomic mass is 16.5. The van der Waals surface area contributed by atoms with E-state index in [4.69, 9.17) is 9.47 Å². The number of para-hydroxylation sites is 1. The van der Waals surface area contributed by atoms with Crippen molar-refractivity contribution in [2.24, 2.45) is 0 Å². The smallest absolute Gasteiger partial charge is 0.214 e. The number of hydrogen-bond donors (Lipinski definition) is 1. The van der Waals surface area contributed by atoms with Gasteiger partial charge < -0.3 is 14.8 Å². The highest BCUT2D eigenvalue weighted by Gasteiger charge is 2.08. The molecule has 1 heterocycles. The van der Waals surface area contributed by atoms with Gasteiger partial charge in [-0.05, 0) is 43.7 Å². The number of rotatable bonds is 6. The molecule has 0 aliphatic rings. The number of ether oxygens (including phenoxy) is 2. The van der Waals surface area contributed by atoms with Crippen LogP contribution in [0.15, 0.2) is 60.7 Å². The summed E-state index contributed by atoms with van der Waals surface area (Å²) in [6.07, 6.45) is 0. The highest BCUT2D eigenvalue weighted by molar-refractivity contribution is 5.53. The molecule has 4 heteroatoms. The summed E-state index contributed by atoms with van der Waals surface area (Å²) in [4.78, 5) is 4.50. The fourth-order valence-corrected chi connectivity index (χ4v) is 2.60. The molecule has 0 amide bonds. The molecule has 2 aromatic carbocycles. The standard InChI is InChI=1S/C21H22N2O2/c1-15-8-7-11-19(22-3)18(15)14-24-21-13-12-20(16(2)23-21)25-17-9-5-4-6-10-17/h4-13,22H,14H2,1-3H3. The lowest BCUT2D eigenvalue weighted by Gasteiger charge is -2.14. The zero-order chi connectivity index (χ0) is 17.6. The van der Waals surface area contributed by atoms with Gasteiger partial charge in [0.15, 0.2) is 0 Å². The van der Waals surface area contributed by atoms with Gasteiger partial charge in [-0.15, -0.1) is 0 Å². The average Bonchev–Trinajstić information content (AvgIpc) is 2.63. The number of pyridine rings is 1. The maximum atomic E-state index is 5.89. The number of nitrogens with one attached hydrogen (secondary N) is 1. The molecular weight excluding hydrogens is 312 g/mol. The summed E-state index contributed by atoms with van der Waals surface area (Å²) in [6.45, 7) is 4.46. The van der Waals surface area contributed by atoms with Crippen molar-refractivity contribution >= 4 is 5.69 Å². The summed E-state index contributed by atoms with van der Waals surface area (Å²) in [5.74, 6) is 2.10. The van der Waals surface area contributed by atoms with Crippen LogP contribution >= 0.6 is 0 Å². The Labute approximate surface area is 148 Å². The summed E-state index contributed by atoms with van der Waals surface area (Å²) in [5, 5.41) is 3.20. The van der Waals surface area contributed by atoms with Gasteiger partial charge >= 0.3 is 0 Å². The first-order valence-corrected chi connectivity index (χ1v) is 8.27. The number of aromatic nitrogens is 1. The van der Waals surface area contributed by atoms with E-state index in [9.17, 15) is 0 Å². The summed E-state index contributed by atoms with van der Waals surface area (Å²) in [5.41, 5.74) is 4.18. The third kappa shape index (κ3) is 4.10. The summed E-state index contributed by atoms with van der Waals surface area (Å²) < 4.78 is 11.7. The Morgan fingerprint density at radius 3 is 2.44 bits per heavy atom. The van der Waals surface area contributed by atoms with Gasteiger partial charge in [-0.3, -0.25) is 0 Å². The molecule has 128 valence electrons. The lowest BCUT2D eigenvalue weighted by atomic mass is 10.1. The molecule has 4 nitrogen and oxygen atoms in total. The quantitative estimate of drug-likeness (QED) is 0.680. The third-order valence-electron chi connectivity index (χ3n) is 4.03. The predicted octanol–water partition coefficient (Wildman–Crippen LogP) is 5.11. The highest BCUT2D eigenvalue weighted by Crippen LogP contribution is 2.26. The summed E-state index contributed by atoms with van der Waals surface area (Å²) in [7, 11) is 1.91. The van der Waals surface area contributed by atoms with Crippen LogP contribution in [0.5, 0.6) is 17.4 Å². The Morgan fingerprint density at radius 1 is 0.920 bits per heavy atom. The van der Waals surface area contributed by atoms with Crippen molar-refractivity contribution in [3.05, 3.63) is 77.5 Å². The SMILES string of the molecule is CNc1cccc(C)c1COc1ccc(Oc2ccccc2)c(C)n1. The van der Waals surface area contributed by atoms with Gasteiger partial charge in [0.1, 0.15) is 18.1 Å². The third-order valence-corrected chi connectivity index (χ3v) is 4.03. The molecule has 0 saturated heterocycles. The molecule has 0 saturated carbocycles. The second-order valence-corrected chi connectivity index (χ2v) is 5.79. The molecular formula is C21H22N2O2. The van der Waals surface area contributed by atoms with Gasteiger partial charge in [-0.1, -0.05) is 30.3 Å². The Kier molecular flexibility index (Phi) is 5.19. The number of aryl methyl sites for hydroxylation is 2. The monoisotopic (exact) mass is 334 g/mol. The van der Waals surface area contributed by atoms with Crippen LogP contribution in [0.1, 0.15) is 16.8 Å². The van der Waals surface area contributed by atoms with E-state index in [1.165, 1.54) is 5.56 Å². The van der Waals surface area contributed by atoms with Gasteiger partial charge in [0.2, 0.25) is 5.88 Å². The van der Waals surface area contributed by atoms with Crippen molar-refractivity contribution in [1.29, 1.82) is 0 Å². The van der Waals surface area contributed by atoms with Crippen LogP contribution in [-0.2, 0) is 6.61 Å². The molecule has 0 aliphatic carbocycles. The van der Waals surface area contributed by atoms with Crippen molar-refractivity contribution < 1.29 is 9.47 Å². The van der Waals surface area contributed by atoms with E-state index in [0.29, 0.717) is 12.5 Å². The van der Waals surface area contributed by atoms with Gasteiger partial charge in [0.05, 0.1) is 5.69 Å². The summed E-state index contributed by atoms with van der Waals surface area (Å²) >= 11 is 0. The molecule has 3 rings (SSSR count). The van der Waals surface area contributed by atoms with E-state index < -0.39 is 0 Å². The molecule has 25 heavy (non-hydrogen) atoms. The van der Waals surface area contributed by atoms with E-state index in [0.717, 1.165) is 28.4 Å². The molecule has 3 aromatic rings.